The van der Waals surface area contributed by atoms with Crippen molar-refractivity contribution in [3.05, 3.63) is 11.3 Å². The lowest BCUT2D eigenvalue weighted by Gasteiger charge is -2.23. The lowest BCUT2D eigenvalue weighted by molar-refractivity contribution is 0.0697. The first kappa shape index (κ1) is 12.7. The number of anilines is 1. The molecule has 4 nitrogen and oxygen atoms in total. The van der Waals surface area contributed by atoms with E-state index in [1.807, 2.05) is 11.8 Å². The topological polar surface area (TPSA) is 62.2 Å². The van der Waals surface area contributed by atoms with Gasteiger partial charge in [0.1, 0.15) is 10.6 Å². The summed E-state index contributed by atoms with van der Waals surface area (Å²) in [6.07, 6.45) is 2.43. The highest BCUT2D eigenvalue weighted by Crippen LogP contribution is 2.38. The number of aryl methyl sites for hydroxylation is 1. The summed E-state index contributed by atoms with van der Waals surface area (Å²) >= 11 is 3.19. The Bertz CT molecular complexity index is 425. The van der Waals surface area contributed by atoms with E-state index in [9.17, 15) is 4.79 Å². The third kappa shape index (κ3) is 2.74. The smallest absolute Gasteiger partial charge is 0.340 e. The van der Waals surface area contributed by atoms with E-state index < -0.39 is 5.97 Å². The van der Waals surface area contributed by atoms with Crippen molar-refractivity contribution in [3.63, 3.8) is 0 Å². The molecule has 2 rings (SSSR count). The van der Waals surface area contributed by atoms with Crippen LogP contribution in [0.2, 0.25) is 0 Å². The predicted molar refractivity (Wildman–Crippen MR) is 72.4 cm³/mol. The number of hydrogen-bond donors (Lipinski definition) is 2. The van der Waals surface area contributed by atoms with Gasteiger partial charge in [0.15, 0.2) is 0 Å². The predicted octanol–water partition coefficient (Wildman–Crippen LogP) is 2.85. The van der Waals surface area contributed by atoms with Gasteiger partial charge in [-0.05, 0) is 44.0 Å². The van der Waals surface area contributed by atoms with Gasteiger partial charge in [-0.3, -0.25) is 0 Å². The average Bonchev–Trinajstić information content (AvgIpc) is 2.83. The van der Waals surface area contributed by atoms with Crippen LogP contribution in [0, 0.1) is 6.92 Å². The van der Waals surface area contributed by atoms with E-state index in [1.54, 1.807) is 6.92 Å². The van der Waals surface area contributed by atoms with Gasteiger partial charge in [-0.25, -0.2) is 4.79 Å². The molecule has 1 aromatic rings. The number of aromatic carboxylic acids is 1. The summed E-state index contributed by atoms with van der Waals surface area (Å²) in [6.45, 7) is 4.77. The molecule has 0 radical (unpaired) electrons. The second-order valence-electron chi connectivity index (χ2n) is 4.53. The van der Waals surface area contributed by atoms with Gasteiger partial charge in [0.25, 0.3) is 0 Å². The molecular weight excluding hydrogens is 256 g/mol. The third-order valence-corrected chi connectivity index (χ3v) is 5.43. The fourth-order valence-electron chi connectivity index (χ4n) is 1.99. The molecule has 0 amide bonds. The van der Waals surface area contributed by atoms with Crippen LogP contribution in [0.15, 0.2) is 0 Å². The van der Waals surface area contributed by atoms with Gasteiger partial charge in [0, 0.05) is 11.3 Å². The first-order chi connectivity index (χ1) is 8.02. The second-order valence-corrected chi connectivity index (χ2v) is 6.99. The summed E-state index contributed by atoms with van der Waals surface area (Å²) in [4.78, 5) is 11.1. The van der Waals surface area contributed by atoms with Crippen molar-refractivity contribution < 1.29 is 9.90 Å². The number of hydrogen-bond acceptors (Lipinski definition) is 5. The molecule has 1 aliphatic rings. The van der Waals surface area contributed by atoms with Crippen molar-refractivity contribution >= 4 is 34.3 Å². The molecule has 1 fully saturated rings. The van der Waals surface area contributed by atoms with Crippen molar-refractivity contribution in [2.24, 2.45) is 0 Å². The molecule has 2 heterocycles. The highest BCUT2D eigenvalue weighted by molar-refractivity contribution is 8.00. The number of carbonyl (C=O) groups is 1. The summed E-state index contributed by atoms with van der Waals surface area (Å²) < 4.78 is 4.33. The lowest BCUT2D eigenvalue weighted by atomic mass is 10.1. The van der Waals surface area contributed by atoms with Crippen molar-refractivity contribution in [1.29, 1.82) is 0 Å². The standard InChI is InChI=1S/C11H16N2O2S2/c1-7-8(10(14)15)9(17-13-7)12-6-11(2)4-3-5-16-11/h12H,3-6H2,1-2H3,(H,14,15). The number of aromatic nitrogens is 1. The highest BCUT2D eigenvalue weighted by atomic mass is 32.2. The van der Waals surface area contributed by atoms with Crippen LogP contribution in [0.25, 0.3) is 0 Å². The van der Waals surface area contributed by atoms with Crippen LogP contribution < -0.4 is 5.32 Å². The maximum Gasteiger partial charge on any atom is 0.340 e. The van der Waals surface area contributed by atoms with Crippen LogP contribution in [-0.4, -0.2) is 32.5 Å². The Morgan fingerprint density at radius 2 is 2.41 bits per heavy atom. The Kier molecular flexibility index (Phi) is 3.63. The summed E-state index contributed by atoms with van der Waals surface area (Å²) in [6, 6.07) is 0. The van der Waals surface area contributed by atoms with E-state index in [4.69, 9.17) is 5.11 Å². The molecule has 1 aromatic heterocycles. The minimum absolute atomic E-state index is 0.230. The summed E-state index contributed by atoms with van der Waals surface area (Å²) in [5.74, 6) is 0.300. The van der Waals surface area contributed by atoms with Gasteiger partial charge in [-0.15, -0.1) is 0 Å². The molecule has 0 aromatic carbocycles. The van der Waals surface area contributed by atoms with Gasteiger partial charge in [0.05, 0.1) is 5.69 Å². The minimum atomic E-state index is -0.900. The fourth-order valence-corrected chi connectivity index (χ4v) is 4.01. The monoisotopic (exact) mass is 272 g/mol. The molecule has 1 saturated heterocycles. The number of nitrogens with zero attached hydrogens (tertiary/aromatic N) is 1. The van der Waals surface area contributed by atoms with Crippen LogP contribution in [-0.2, 0) is 0 Å². The molecule has 0 bridgehead atoms. The lowest BCUT2D eigenvalue weighted by Crippen LogP contribution is -2.27. The van der Waals surface area contributed by atoms with Gasteiger partial charge in [-0.1, -0.05) is 0 Å². The summed E-state index contributed by atoms with van der Waals surface area (Å²) in [7, 11) is 0. The first-order valence-corrected chi connectivity index (χ1v) is 7.35. The van der Waals surface area contributed by atoms with Crippen molar-refractivity contribution in [3.8, 4) is 0 Å². The molecule has 1 unspecified atom stereocenters. The van der Waals surface area contributed by atoms with Crippen LogP contribution in [0.1, 0.15) is 35.8 Å². The van der Waals surface area contributed by atoms with E-state index in [-0.39, 0.29) is 4.75 Å². The number of thioether (sulfide) groups is 1. The zero-order chi connectivity index (χ0) is 12.5. The zero-order valence-corrected chi connectivity index (χ0v) is 11.6. The van der Waals surface area contributed by atoms with Crippen LogP contribution in [0.3, 0.4) is 0 Å². The van der Waals surface area contributed by atoms with Crippen molar-refractivity contribution in [2.75, 3.05) is 17.6 Å². The van der Waals surface area contributed by atoms with Gasteiger partial charge >= 0.3 is 5.97 Å². The molecule has 2 N–H and O–H groups in total. The Morgan fingerprint density at radius 3 is 3.00 bits per heavy atom. The average molecular weight is 272 g/mol. The first-order valence-electron chi connectivity index (χ1n) is 5.59. The van der Waals surface area contributed by atoms with E-state index >= 15 is 0 Å². The molecule has 94 valence electrons. The quantitative estimate of drug-likeness (QED) is 0.882. The highest BCUT2D eigenvalue weighted by Gasteiger charge is 2.30. The molecule has 17 heavy (non-hydrogen) atoms. The third-order valence-electron chi connectivity index (χ3n) is 3.00. The van der Waals surface area contributed by atoms with E-state index in [1.165, 1.54) is 30.1 Å². The van der Waals surface area contributed by atoms with Crippen molar-refractivity contribution in [1.82, 2.24) is 4.37 Å². The minimum Gasteiger partial charge on any atom is -0.478 e. The number of carboxylic acid groups (broad SMARTS) is 1. The number of nitrogens with one attached hydrogen (secondary N) is 1. The number of carboxylic acids is 1. The summed E-state index contributed by atoms with van der Waals surface area (Å²) in [5.41, 5.74) is 0.913. The molecule has 0 spiro atoms. The molecule has 1 aliphatic heterocycles. The maximum absolute atomic E-state index is 11.1. The maximum atomic E-state index is 11.1. The Hall–Kier alpha value is -0.750. The van der Waals surface area contributed by atoms with E-state index in [0.29, 0.717) is 16.3 Å². The zero-order valence-electron chi connectivity index (χ0n) is 9.95. The van der Waals surface area contributed by atoms with Gasteiger partial charge < -0.3 is 10.4 Å². The van der Waals surface area contributed by atoms with Gasteiger partial charge in [-0.2, -0.15) is 16.1 Å². The van der Waals surface area contributed by atoms with Crippen LogP contribution >= 0.6 is 23.3 Å². The molecule has 0 saturated carbocycles. The molecule has 0 aliphatic carbocycles. The van der Waals surface area contributed by atoms with E-state index in [2.05, 4.69) is 16.6 Å². The Labute approximate surface area is 109 Å². The van der Waals surface area contributed by atoms with Crippen molar-refractivity contribution in [2.45, 2.75) is 31.4 Å². The SMILES string of the molecule is Cc1nsc(NCC2(C)CCCS2)c1C(=O)O. The van der Waals surface area contributed by atoms with Crippen LogP contribution in [0.4, 0.5) is 5.00 Å². The fraction of sp³-hybridized carbons (Fsp3) is 0.636. The summed E-state index contributed by atoms with van der Waals surface area (Å²) in [5, 5.41) is 13.0. The Morgan fingerprint density at radius 1 is 1.65 bits per heavy atom. The largest absolute Gasteiger partial charge is 0.478 e. The second kappa shape index (κ2) is 4.86. The molecular formula is C11H16N2O2S2. The molecule has 1 atom stereocenters. The number of rotatable bonds is 4. The molecule has 6 heteroatoms. The van der Waals surface area contributed by atoms with Crippen LogP contribution in [0.5, 0.6) is 0 Å². The van der Waals surface area contributed by atoms with Gasteiger partial charge in [0.2, 0.25) is 0 Å². The Balaban J connectivity index is 2.06. The van der Waals surface area contributed by atoms with E-state index in [0.717, 1.165) is 6.54 Å². The normalized spacial score (nSPS) is 23.9.